The van der Waals surface area contributed by atoms with E-state index in [1.165, 1.54) is 4.31 Å². The number of hydrogen-bond donors (Lipinski definition) is 0. The summed E-state index contributed by atoms with van der Waals surface area (Å²) in [7, 11) is -2.18. The van der Waals surface area contributed by atoms with Crippen LogP contribution in [0.15, 0.2) is 59.5 Å². The Kier molecular flexibility index (Phi) is 6.48. The molecule has 0 N–H and O–H groups in total. The van der Waals surface area contributed by atoms with Gasteiger partial charge >= 0.3 is 0 Å². The zero-order valence-corrected chi connectivity index (χ0v) is 18.8. The van der Waals surface area contributed by atoms with E-state index in [9.17, 15) is 18.0 Å². The summed E-state index contributed by atoms with van der Waals surface area (Å²) >= 11 is 0. The lowest BCUT2D eigenvalue weighted by Crippen LogP contribution is -2.55. The monoisotopic (exact) mass is 457 g/mol. The Balaban J connectivity index is 1.41. The van der Waals surface area contributed by atoms with Crippen LogP contribution in [0.3, 0.4) is 0 Å². The van der Waals surface area contributed by atoms with Gasteiger partial charge in [-0.25, -0.2) is 8.42 Å². The van der Waals surface area contributed by atoms with Crippen molar-refractivity contribution in [3.05, 3.63) is 60.2 Å². The molecule has 170 valence electrons. The summed E-state index contributed by atoms with van der Waals surface area (Å²) < 4.78 is 32.7. The zero-order chi connectivity index (χ0) is 22.7. The lowest BCUT2D eigenvalue weighted by atomic mass is 10.1. The number of methoxy groups -OCH3 is 1. The molecule has 9 heteroatoms. The quantitative estimate of drug-likeness (QED) is 0.684. The first-order valence-corrected chi connectivity index (χ1v) is 12.1. The van der Waals surface area contributed by atoms with Crippen molar-refractivity contribution in [2.75, 3.05) is 39.8 Å². The van der Waals surface area contributed by atoms with Gasteiger partial charge in [0.15, 0.2) is 0 Å². The fraction of sp³-hybridized carbons (Fsp3) is 0.391. The molecule has 8 nitrogen and oxygen atoms in total. The van der Waals surface area contributed by atoms with Gasteiger partial charge < -0.3 is 14.5 Å². The number of amides is 2. The summed E-state index contributed by atoms with van der Waals surface area (Å²) in [6.45, 7) is 1.90. The normalized spacial score (nSPS) is 19.7. The molecule has 1 atom stereocenters. The smallest absolute Gasteiger partial charge is 0.254 e. The fourth-order valence-electron chi connectivity index (χ4n) is 4.28. The number of piperazine rings is 1. The van der Waals surface area contributed by atoms with Gasteiger partial charge in [-0.15, -0.1) is 0 Å². The average Bonchev–Trinajstić information content (AvgIpc) is 3.35. The summed E-state index contributed by atoms with van der Waals surface area (Å²) in [5, 5.41) is 0. The van der Waals surface area contributed by atoms with Gasteiger partial charge in [0.25, 0.3) is 5.91 Å². The van der Waals surface area contributed by atoms with E-state index in [0.29, 0.717) is 56.9 Å². The van der Waals surface area contributed by atoms with Crippen LogP contribution >= 0.6 is 0 Å². The van der Waals surface area contributed by atoms with Crippen molar-refractivity contribution in [2.24, 2.45) is 0 Å². The van der Waals surface area contributed by atoms with Gasteiger partial charge in [0.2, 0.25) is 15.9 Å². The lowest BCUT2D eigenvalue weighted by Gasteiger charge is -2.37. The fourth-order valence-corrected chi connectivity index (χ4v) is 5.95. The van der Waals surface area contributed by atoms with Crippen LogP contribution < -0.4 is 4.74 Å². The first kappa shape index (κ1) is 22.3. The SMILES string of the molecule is COc1cccc(C(=O)N2CCN(C(=O)C3CCCN3S(=O)(=O)c3ccccc3)CC2)c1. The van der Waals surface area contributed by atoms with Crippen LogP contribution in [0.1, 0.15) is 23.2 Å². The van der Waals surface area contributed by atoms with Crippen molar-refractivity contribution >= 4 is 21.8 Å². The number of benzene rings is 2. The Hall–Kier alpha value is -2.91. The first-order chi connectivity index (χ1) is 15.4. The average molecular weight is 458 g/mol. The Morgan fingerprint density at radius 1 is 0.906 bits per heavy atom. The Morgan fingerprint density at radius 2 is 1.59 bits per heavy atom. The molecule has 2 aromatic carbocycles. The van der Waals surface area contributed by atoms with Crippen molar-refractivity contribution < 1.29 is 22.7 Å². The van der Waals surface area contributed by atoms with E-state index in [1.54, 1.807) is 71.5 Å². The Bertz CT molecular complexity index is 1080. The maximum atomic E-state index is 13.2. The van der Waals surface area contributed by atoms with Crippen LogP contribution in [0.25, 0.3) is 0 Å². The summed E-state index contributed by atoms with van der Waals surface area (Å²) in [5.41, 5.74) is 0.542. The molecule has 0 radical (unpaired) electrons. The second-order valence-electron chi connectivity index (χ2n) is 7.94. The van der Waals surface area contributed by atoms with Crippen molar-refractivity contribution in [3.63, 3.8) is 0 Å². The number of carbonyl (C=O) groups excluding carboxylic acids is 2. The van der Waals surface area contributed by atoms with E-state index in [4.69, 9.17) is 4.74 Å². The molecule has 2 aliphatic heterocycles. The van der Waals surface area contributed by atoms with Crippen LogP contribution in [0.2, 0.25) is 0 Å². The van der Waals surface area contributed by atoms with Crippen molar-refractivity contribution in [1.29, 1.82) is 0 Å². The number of rotatable bonds is 5. The maximum Gasteiger partial charge on any atom is 0.254 e. The van der Waals surface area contributed by atoms with E-state index in [1.807, 2.05) is 0 Å². The number of nitrogens with zero attached hydrogens (tertiary/aromatic N) is 3. The molecule has 2 saturated heterocycles. The molecular formula is C23H27N3O5S. The summed E-state index contributed by atoms with van der Waals surface area (Å²) in [6, 6.07) is 14.5. The molecule has 0 aromatic heterocycles. The van der Waals surface area contributed by atoms with Gasteiger partial charge in [-0.05, 0) is 43.2 Å². The number of hydrogen-bond acceptors (Lipinski definition) is 5. The summed E-state index contributed by atoms with van der Waals surface area (Å²) in [4.78, 5) is 29.6. The van der Waals surface area contributed by atoms with Gasteiger partial charge in [-0.2, -0.15) is 4.31 Å². The topological polar surface area (TPSA) is 87.2 Å². The van der Waals surface area contributed by atoms with Crippen LogP contribution in [0, 0.1) is 0 Å². The molecule has 0 bridgehead atoms. The Labute approximate surface area is 188 Å². The predicted molar refractivity (Wildman–Crippen MR) is 119 cm³/mol. The van der Waals surface area contributed by atoms with Gasteiger partial charge in [0.05, 0.1) is 12.0 Å². The molecule has 4 rings (SSSR count). The van der Waals surface area contributed by atoms with Gasteiger partial charge in [0.1, 0.15) is 11.8 Å². The van der Waals surface area contributed by atoms with Crippen LogP contribution in [-0.4, -0.2) is 80.2 Å². The molecule has 0 aliphatic carbocycles. The molecule has 1 unspecified atom stereocenters. The van der Waals surface area contributed by atoms with Crippen molar-refractivity contribution in [1.82, 2.24) is 14.1 Å². The summed E-state index contributed by atoms with van der Waals surface area (Å²) in [6.07, 6.45) is 1.16. The molecule has 2 amide bonds. The van der Waals surface area contributed by atoms with E-state index in [-0.39, 0.29) is 16.7 Å². The third-order valence-corrected chi connectivity index (χ3v) is 7.96. The molecule has 0 spiro atoms. The summed E-state index contributed by atoms with van der Waals surface area (Å²) in [5.74, 6) is 0.325. The van der Waals surface area contributed by atoms with Crippen LogP contribution in [-0.2, 0) is 14.8 Å². The highest BCUT2D eigenvalue weighted by atomic mass is 32.2. The van der Waals surface area contributed by atoms with Gasteiger partial charge in [0, 0.05) is 38.3 Å². The minimum Gasteiger partial charge on any atom is -0.497 e. The second kappa shape index (κ2) is 9.30. The van der Waals surface area contributed by atoms with Crippen molar-refractivity contribution in [2.45, 2.75) is 23.8 Å². The molecule has 32 heavy (non-hydrogen) atoms. The van der Waals surface area contributed by atoms with E-state index in [2.05, 4.69) is 0 Å². The van der Waals surface area contributed by atoms with Gasteiger partial charge in [-0.3, -0.25) is 9.59 Å². The minimum atomic E-state index is -3.73. The molecule has 2 aromatic rings. The largest absolute Gasteiger partial charge is 0.497 e. The zero-order valence-electron chi connectivity index (χ0n) is 18.0. The van der Waals surface area contributed by atoms with E-state index in [0.717, 1.165) is 0 Å². The van der Waals surface area contributed by atoms with E-state index < -0.39 is 16.1 Å². The van der Waals surface area contributed by atoms with Gasteiger partial charge in [-0.1, -0.05) is 24.3 Å². The molecule has 2 heterocycles. The van der Waals surface area contributed by atoms with Crippen LogP contribution in [0.5, 0.6) is 5.75 Å². The minimum absolute atomic E-state index is 0.106. The van der Waals surface area contributed by atoms with Crippen molar-refractivity contribution in [3.8, 4) is 5.75 Å². The highest BCUT2D eigenvalue weighted by Gasteiger charge is 2.41. The highest BCUT2D eigenvalue weighted by Crippen LogP contribution is 2.27. The second-order valence-corrected chi connectivity index (χ2v) is 9.83. The third-order valence-electron chi connectivity index (χ3n) is 6.03. The molecule has 2 aliphatic rings. The molecular weight excluding hydrogens is 430 g/mol. The van der Waals surface area contributed by atoms with Crippen LogP contribution in [0.4, 0.5) is 0 Å². The Morgan fingerprint density at radius 3 is 2.28 bits per heavy atom. The standard InChI is InChI=1S/C23H27N3O5S/c1-31-19-8-5-7-18(17-19)22(27)24-13-15-25(16-14-24)23(28)21-11-6-12-26(21)32(29,30)20-9-3-2-4-10-20/h2-5,7-10,17,21H,6,11-16H2,1H3. The lowest BCUT2D eigenvalue weighted by molar-refractivity contribution is -0.136. The maximum absolute atomic E-state index is 13.2. The van der Waals surface area contributed by atoms with E-state index >= 15 is 0 Å². The number of ether oxygens (including phenoxy) is 1. The number of sulfonamides is 1. The third kappa shape index (κ3) is 4.35. The highest BCUT2D eigenvalue weighted by molar-refractivity contribution is 7.89. The number of carbonyl (C=O) groups is 2. The molecule has 0 saturated carbocycles. The predicted octanol–water partition coefficient (Wildman–Crippen LogP) is 1.83. The first-order valence-electron chi connectivity index (χ1n) is 10.7. The molecule has 2 fully saturated rings.